The van der Waals surface area contributed by atoms with E-state index in [1.807, 2.05) is 0 Å². The molecule has 0 heterocycles. The topological polar surface area (TPSA) is 34.1 Å². The summed E-state index contributed by atoms with van der Waals surface area (Å²) in [6, 6.07) is 0. The van der Waals surface area contributed by atoms with E-state index < -0.39 is 0 Å². The minimum atomic E-state index is -0.121. The van der Waals surface area contributed by atoms with Crippen LogP contribution in [0.2, 0.25) is 0 Å². The van der Waals surface area contributed by atoms with Crippen LogP contribution >= 0.6 is 0 Å². The number of hydrogen-bond donors (Lipinski definition) is 0. The highest BCUT2D eigenvalue weighted by atomic mass is 16.1. The molecule has 0 aromatic heterocycles. The average Bonchev–Trinajstić information content (AvgIpc) is 1.77. The van der Waals surface area contributed by atoms with E-state index in [2.05, 4.69) is 0 Å². The Morgan fingerprint density at radius 2 is 0.900 bits per heavy atom. The lowest BCUT2D eigenvalue weighted by molar-refractivity contribution is -0.113. The molecule has 1 aliphatic rings. The molecule has 1 rings (SSSR count). The fraction of sp³-hybridized carbons (Fsp3) is 0. The van der Waals surface area contributed by atoms with Gasteiger partial charge in [0.2, 0.25) is 0 Å². The number of carbonyl (C=O) groups is 2. The zero-order chi connectivity index (χ0) is 5.98. The standard InChI is InChI=1S/C6H4O2.2B/c7-5-1-2-6(8)4-3-5;;/h1-4H;;. The molecule has 0 aromatic rings. The van der Waals surface area contributed by atoms with Crippen LogP contribution in [-0.4, -0.2) is 28.4 Å². The van der Waals surface area contributed by atoms with Gasteiger partial charge >= 0.3 is 0 Å². The highest BCUT2D eigenvalue weighted by Gasteiger charge is 1.97. The van der Waals surface area contributed by atoms with Crippen molar-refractivity contribution in [2.24, 2.45) is 0 Å². The van der Waals surface area contributed by atoms with Gasteiger partial charge in [0.1, 0.15) is 0 Å². The first kappa shape index (κ1) is 11.7. The van der Waals surface area contributed by atoms with Crippen molar-refractivity contribution in [3.63, 3.8) is 0 Å². The second kappa shape index (κ2) is 4.79. The van der Waals surface area contributed by atoms with Crippen LogP contribution in [0.5, 0.6) is 0 Å². The third kappa shape index (κ3) is 3.07. The molecule has 0 saturated heterocycles. The Labute approximate surface area is 63.1 Å². The first-order chi connectivity index (χ1) is 3.79. The summed E-state index contributed by atoms with van der Waals surface area (Å²) in [7, 11) is 0. The molecular formula is C6H4B2O2. The summed E-state index contributed by atoms with van der Waals surface area (Å²) in [6.45, 7) is 0. The van der Waals surface area contributed by atoms with Crippen molar-refractivity contribution in [2.75, 3.05) is 0 Å². The van der Waals surface area contributed by atoms with E-state index >= 15 is 0 Å². The molecule has 0 fully saturated rings. The Morgan fingerprint density at radius 1 is 0.700 bits per heavy atom. The number of hydrogen-bond acceptors (Lipinski definition) is 2. The quantitative estimate of drug-likeness (QED) is 0.326. The van der Waals surface area contributed by atoms with Crippen LogP contribution in [0.15, 0.2) is 24.3 Å². The van der Waals surface area contributed by atoms with Gasteiger partial charge < -0.3 is 0 Å². The van der Waals surface area contributed by atoms with Crippen LogP contribution < -0.4 is 0 Å². The normalized spacial score (nSPS) is 14.0. The highest BCUT2D eigenvalue weighted by Crippen LogP contribution is 1.90. The predicted molar refractivity (Wildman–Crippen MR) is 39.8 cm³/mol. The maximum atomic E-state index is 10.3. The number of rotatable bonds is 0. The van der Waals surface area contributed by atoms with E-state index in [0.717, 1.165) is 0 Å². The lowest BCUT2D eigenvalue weighted by Crippen LogP contribution is -1.97. The van der Waals surface area contributed by atoms with Gasteiger partial charge in [0, 0.05) is 16.8 Å². The molecule has 0 N–H and O–H groups in total. The Morgan fingerprint density at radius 3 is 1.10 bits per heavy atom. The summed E-state index contributed by atoms with van der Waals surface area (Å²) in [5.74, 6) is -0.241. The summed E-state index contributed by atoms with van der Waals surface area (Å²) in [5.41, 5.74) is 0. The SMILES string of the molecule is O=C1C=CC(=O)C=C1.[B].[B]. The van der Waals surface area contributed by atoms with Gasteiger partial charge in [-0.25, -0.2) is 0 Å². The molecule has 10 heavy (non-hydrogen) atoms. The second-order valence-electron chi connectivity index (χ2n) is 1.47. The first-order valence-electron chi connectivity index (χ1n) is 2.23. The monoisotopic (exact) mass is 130 g/mol. The van der Waals surface area contributed by atoms with Gasteiger partial charge in [-0.3, -0.25) is 9.59 Å². The van der Waals surface area contributed by atoms with Crippen LogP contribution in [-0.2, 0) is 9.59 Å². The maximum Gasteiger partial charge on any atom is 0.178 e. The molecule has 0 saturated carbocycles. The molecule has 0 spiro atoms. The Balaban J connectivity index is 0. The number of allylic oxidation sites excluding steroid dienone is 4. The zero-order valence-electron chi connectivity index (χ0n) is 5.28. The third-order valence-electron chi connectivity index (χ3n) is 0.824. The van der Waals surface area contributed by atoms with Crippen molar-refractivity contribution in [3.05, 3.63) is 24.3 Å². The van der Waals surface area contributed by atoms with E-state index in [9.17, 15) is 9.59 Å². The van der Waals surface area contributed by atoms with E-state index in [1.54, 1.807) is 0 Å². The molecule has 1 aliphatic carbocycles. The average molecular weight is 130 g/mol. The molecule has 46 valence electrons. The molecular weight excluding hydrogens is 126 g/mol. The van der Waals surface area contributed by atoms with E-state index in [4.69, 9.17) is 0 Å². The third-order valence-corrected chi connectivity index (χ3v) is 0.824. The second-order valence-corrected chi connectivity index (χ2v) is 1.47. The maximum absolute atomic E-state index is 10.3. The van der Waals surface area contributed by atoms with E-state index in [0.29, 0.717) is 0 Å². The first-order valence-corrected chi connectivity index (χ1v) is 2.23. The van der Waals surface area contributed by atoms with Crippen molar-refractivity contribution < 1.29 is 9.59 Å². The lowest BCUT2D eigenvalue weighted by Gasteiger charge is -1.87. The molecule has 0 aliphatic heterocycles. The van der Waals surface area contributed by atoms with Crippen LogP contribution in [0.1, 0.15) is 0 Å². The van der Waals surface area contributed by atoms with Crippen molar-refractivity contribution in [1.29, 1.82) is 0 Å². The number of ketones is 2. The van der Waals surface area contributed by atoms with Gasteiger partial charge in [0.25, 0.3) is 0 Å². The Hall–Kier alpha value is -1.05. The Kier molecular flexibility index (Phi) is 5.61. The minimum Gasteiger partial charge on any atom is -0.290 e. The molecule has 0 unspecified atom stereocenters. The summed E-state index contributed by atoms with van der Waals surface area (Å²) >= 11 is 0. The van der Waals surface area contributed by atoms with Crippen molar-refractivity contribution in [3.8, 4) is 0 Å². The van der Waals surface area contributed by atoms with Gasteiger partial charge in [-0.1, -0.05) is 0 Å². The van der Waals surface area contributed by atoms with Crippen LogP contribution in [0.4, 0.5) is 0 Å². The summed E-state index contributed by atoms with van der Waals surface area (Å²) in [4.78, 5) is 20.6. The fourth-order valence-corrected chi connectivity index (χ4v) is 0.440. The van der Waals surface area contributed by atoms with Gasteiger partial charge in [0.15, 0.2) is 11.6 Å². The molecule has 0 atom stereocenters. The van der Waals surface area contributed by atoms with Gasteiger partial charge in [-0.2, -0.15) is 0 Å². The fourth-order valence-electron chi connectivity index (χ4n) is 0.440. The van der Waals surface area contributed by atoms with Crippen molar-refractivity contribution in [1.82, 2.24) is 0 Å². The van der Waals surface area contributed by atoms with Gasteiger partial charge in [-0.15, -0.1) is 0 Å². The largest absolute Gasteiger partial charge is 0.290 e. The molecule has 0 amide bonds. The molecule has 0 bridgehead atoms. The summed E-state index contributed by atoms with van der Waals surface area (Å²) in [5, 5.41) is 0. The minimum absolute atomic E-state index is 0. The summed E-state index contributed by atoms with van der Waals surface area (Å²) < 4.78 is 0. The lowest BCUT2D eigenvalue weighted by atomic mass is 10.2. The van der Waals surface area contributed by atoms with Crippen molar-refractivity contribution in [2.45, 2.75) is 0 Å². The van der Waals surface area contributed by atoms with Gasteiger partial charge in [0.05, 0.1) is 0 Å². The van der Waals surface area contributed by atoms with E-state index in [-0.39, 0.29) is 28.4 Å². The summed E-state index contributed by atoms with van der Waals surface area (Å²) in [6.07, 6.45) is 5.01. The molecule has 6 radical (unpaired) electrons. The predicted octanol–water partition coefficient (Wildman–Crippen LogP) is -0.511. The van der Waals surface area contributed by atoms with Crippen LogP contribution in [0.25, 0.3) is 0 Å². The Bertz CT molecular complexity index is 156. The number of carbonyl (C=O) groups excluding carboxylic acids is 2. The zero-order valence-corrected chi connectivity index (χ0v) is 5.28. The molecule has 4 heteroatoms. The van der Waals surface area contributed by atoms with E-state index in [1.165, 1.54) is 24.3 Å². The molecule has 2 nitrogen and oxygen atoms in total. The smallest absolute Gasteiger partial charge is 0.178 e. The van der Waals surface area contributed by atoms with Crippen molar-refractivity contribution >= 4 is 28.4 Å². The molecule has 0 aromatic carbocycles. The highest BCUT2D eigenvalue weighted by molar-refractivity contribution is 6.14. The van der Waals surface area contributed by atoms with Gasteiger partial charge in [-0.05, 0) is 24.3 Å². The van der Waals surface area contributed by atoms with Crippen LogP contribution in [0.3, 0.4) is 0 Å². The van der Waals surface area contributed by atoms with Crippen LogP contribution in [0, 0.1) is 0 Å².